The summed E-state index contributed by atoms with van der Waals surface area (Å²) < 4.78 is 15.3. The third kappa shape index (κ3) is 3.52. The summed E-state index contributed by atoms with van der Waals surface area (Å²) >= 11 is 0. The number of rotatable bonds is 3. The number of hydrogen-bond donors (Lipinski definition) is 2. The fourth-order valence-electron chi connectivity index (χ4n) is 2.62. The minimum Gasteiger partial charge on any atom is -0.355 e. The molecule has 0 spiro atoms. The van der Waals surface area contributed by atoms with Crippen molar-refractivity contribution in [3.05, 3.63) is 34.9 Å². The van der Waals surface area contributed by atoms with Gasteiger partial charge >= 0.3 is 0 Å². The van der Waals surface area contributed by atoms with E-state index in [1.165, 1.54) is 0 Å². The van der Waals surface area contributed by atoms with Crippen LogP contribution >= 0.6 is 0 Å². The van der Waals surface area contributed by atoms with Crippen molar-refractivity contribution in [2.45, 2.75) is 50.8 Å². The first-order chi connectivity index (χ1) is 9.84. The molecule has 0 saturated heterocycles. The Hall–Kier alpha value is -1.20. The van der Waals surface area contributed by atoms with Crippen molar-refractivity contribution in [3.63, 3.8) is 0 Å². The fraction of sp³-hybridized carbons (Fsp3) is 0.562. The predicted molar refractivity (Wildman–Crippen MR) is 86.5 cm³/mol. The van der Waals surface area contributed by atoms with Gasteiger partial charge in [-0.3, -0.25) is 4.79 Å². The van der Waals surface area contributed by atoms with E-state index in [-0.39, 0.29) is 16.7 Å². The Morgan fingerprint density at radius 3 is 2.67 bits per heavy atom. The van der Waals surface area contributed by atoms with E-state index in [4.69, 9.17) is 0 Å². The molecule has 116 valence electrons. The minimum atomic E-state index is -1.11. The SMILES string of the molecule is CNC(=O)c1cccc2c1CCC[C@@H]2N[S@@](=O)C(C)(C)C. The van der Waals surface area contributed by atoms with E-state index in [1.54, 1.807) is 7.05 Å². The molecule has 1 aromatic rings. The molecule has 0 fully saturated rings. The average Bonchev–Trinajstić information content (AvgIpc) is 2.45. The normalized spacial score (nSPS) is 19.7. The maximum atomic E-state index is 12.3. The van der Waals surface area contributed by atoms with Gasteiger partial charge in [0.2, 0.25) is 0 Å². The second-order valence-electron chi connectivity index (χ2n) is 6.40. The van der Waals surface area contributed by atoms with Crippen LogP contribution in [0.4, 0.5) is 0 Å². The molecule has 0 aromatic heterocycles. The minimum absolute atomic E-state index is 0.0514. The Morgan fingerprint density at radius 1 is 1.33 bits per heavy atom. The van der Waals surface area contributed by atoms with Gasteiger partial charge in [-0.05, 0) is 57.2 Å². The van der Waals surface area contributed by atoms with Crippen LogP contribution in [0.5, 0.6) is 0 Å². The van der Waals surface area contributed by atoms with Crippen LogP contribution in [0.1, 0.15) is 61.1 Å². The molecule has 1 aromatic carbocycles. The molecule has 2 N–H and O–H groups in total. The molecule has 2 rings (SSSR count). The lowest BCUT2D eigenvalue weighted by atomic mass is 9.85. The molecule has 1 aliphatic carbocycles. The molecule has 0 bridgehead atoms. The monoisotopic (exact) mass is 308 g/mol. The summed E-state index contributed by atoms with van der Waals surface area (Å²) in [6.45, 7) is 5.88. The zero-order valence-electron chi connectivity index (χ0n) is 13.2. The third-order valence-corrected chi connectivity index (χ3v) is 5.40. The van der Waals surface area contributed by atoms with Crippen LogP contribution in [-0.2, 0) is 17.4 Å². The highest BCUT2D eigenvalue weighted by Crippen LogP contribution is 2.32. The van der Waals surface area contributed by atoms with Crippen LogP contribution in [-0.4, -0.2) is 21.9 Å². The van der Waals surface area contributed by atoms with Crippen molar-refractivity contribution in [2.24, 2.45) is 0 Å². The van der Waals surface area contributed by atoms with Crippen molar-refractivity contribution in [2.75, 3.05) is 7.05 Å². The van der Waals surface area contributed by atoms with Gasteiger partial charge in [0, 0.05) is 18.7 Å². The van der Waals surface area contributed by atoms with Gasteiger partial charge in [-0.2, -0.15) is 0 Å². The molecule has 1 amide bonds. The number of amides is 1. The van der Waals surface area contributed by atoms with Crippen molar-refractivity contribution >= 4 is 16.9 Å². The first-order valence-corrected chi connectivity index (χ1v) is 8.51. The standard InChI is InChI=1S/C16H24N2O2S/c1-16(2,3)21(20)18-14-10-6-7-11-12(14)8-5-9-13(11)15(19)17-4/h5,8-9,14,18H,6-7,10H2,1-4H3,(H,17,19)/t14-,21-/m0/s1. The second-order valence-corrected chi connectivity index (χ2v) is 8.39. The Labute approximate surface area is 129 Å². The molecule has 0 heterocycles. The topological polar surface area (TPSA) is 58.2 Å². The number of carbonyl (C=O) groups excluding carboxylic acids is 1. The zero-order chi connectivity index (χ0) is 15.6. The second kappa shape index (κ2) is 6.28. The van der Waals surface area contributed by atoms with E-state index >= 15 is 0 Å². The highest BCUT2D eigenvalue weighted by atomic mass is 32.2. The summed E-state index contributed by atoms with van der Waals surface area (Å²) in [5.41, 5.74) is 2.94. The molecular weight excluding hydrogens is 284 g/mol. The summed E-state index contributed by atoms with van der Waals surface area (Å²) in [6, 6.07) is 5.86. The summed E-state index contributed by atoms with van der Waals surface area (Å²) in [5, 5.41) is 2.69. The van der Waals surface area contributed by atoms with Gasteiger partial charge < -0.3 is 5.32 Å². The van der Waals surface area contributed by atoms with E-state index in [1.807, 2.05) is 39.0 Å². The van der Waals surface area contributed by atoms with Gasteiger partial charge in [0.05, 0.1) is 15.7 Å². The summed E-state index contributed by atoms with van der Waals surface area (Å²) in [7, 11) is 0.536. The van der Waals surface area contributed by atoms with Crippen LogP contribution < -0.4 is 10.0 Å². The maximum Gasteiger partial charge on any atom is 0.251 e. The highest BCUT2D eigenvalue weighted by molar-refractivity contribution is 7.84. The molecule has 2 atom stereocenters. The van der Waals surface area contributed by atoms with E-state index in [0.29, 0.717) is 0 Å². The van der Waals surface area contributed by atoms with E-state index in [9.17, 15) is 9.00 Å². The summed E-state index contributed by atoms with van der Waals surface area (Å²) in [6.07, 6.45) is 2.85. The third-order valence-electron chi connectivity index (χ3n) is 3.78. The van der Waals surface area contributed by atoms with Gasteiger partial charge in [-0.25, -0.2) is 8.93 Å². The molecule has 21 heavy (non-hydrogen) atoms. The van der Waals surface area contributed by atoms with Crippen LogP contribution in [0.15, 0.2) is 18.2 Å². The van der Waals surface area contributed by atoms with E-state index in [0.717, 1.165) is 36.0 Å². The number of fused-ring (bicyclic) bond motifs is 1. The highest BCUT2D eigenvalue weighted by Gasteiger charge is 2.28. The molecule has 0 saturated carbocycles. The smallest absolute Gasteiger partial charge is 0.251 e. The van der Waals surface area contributed by atoms with Gasteiger partial charge in [0.1, 0.15) is 0 Å². The van der Waals surface area contributed by atoms with Crippen LogP contribution in [0.3, 0.4) is 0 Å². The molecule has 0 radical (unpaired) electrons. The lowest BCUT2D eigenvalue weighted by molar-refractivity contribution is 0.0961. The Balaban J connectivity index is 2.32. The van der Waals surface area contributed by atoms with Crippen molar-refractivity contribution in [3.8, 4) is 0 Å². The Kier molecular flexibility index (Phi) is 4.84. The van der Waals surface area contributed by atoms with Gasteiger partial charge in [0.15, 0.2) is 0 Å². The predicted octanol–water partition coefficient (Wildman–Crippen LogP) is 2.48. The molecule has 1 aliphatic rings. The van der Waals surface area contributed by atoms with E-state index < -0.39 is 11.0 Å². The summed E-state index contributed by atoms with van der Waals surface area (Å²) in [5.74, 6) is -0.0514. The van der Waals surface area contributed by atoms with Gasteiger partial charge in [0.25, 0.3) is 5.91 Å². The molecule has 4 nitrogen and oxygen atoms in total. The summed E-state index contributed by atoms with van der Waals surface area (Å²) in [4.78, 5) is 12.0. The lowest BCUT2D eigenvalue weighted by Crippen LogP contribution is -2.37. The van der Waals surface area contributed by atoms with E-state index in [2.05, 4.69) is 10.0 Å². The first kappa shape index (κ1) is 16.2. The largest absolute Gasteiger partial charge is 0.355 e. The zero-order valence-corrected chi connectivity index (χ0v) is 14.0. The quantitative estimate of drug-likeness (QED) is 0.901. The Morgan fingerprint density at radius 2 is 2.05 bits per heavy atom. The number of nitrogens with one attached hydrogen (secondary N) is 2. The van der Waals surface area contributed by atoms with Gasteiger partial charge in [-0.15, -0.1) is 0 Å². The number of hydrogen-bond acceptors (Lipinski definition) is 2. The molecule has 0 unspecified atom stereocenters. The van der Waals surface area contributed by atoms with Crippen LogP contribution in [0.25, 0.3) is 0 Å². The lowest BCUT2D eigenvalue weighted by Gasteiger charge is -2.30. The average molecular weight is 308 g/mol. The van der Waals surface area contributed by atoms with Gasteiger partial charge in [-0.1, -0.05) is 12.1 Å². The van der Waals surface area contributed by atoms with Crippen LogP contribution in [0.2, 0.25) is 0 Å². The number of benzene rings is 1. The van der Waals surface area contributed by atoms with Crippen molar-refractivity contribution < 1.29 is 9.00 Å². The number of carbonyl (C=O) groups is 1. The molecule has 0 aliphatic heterocycles. The van der Waals surface area contributed by atoms with Crippen molar-refractivity contribution in [1.82, 2.24) is 10.0 Å². The molecular formula is C16H24N2O2S. The maximum absolute atomic E-state index is 12.3. The van der Waals surface area contributed by atoms with Crippen molar-refractivity contribution in [1.29, 1.82) is 0 Å². The molecule has 5 heteroatoms. The van der Waals surface area contributed by atoms with Crippen LogP contribution in [0, 0.1) is 0 Å². The fourth-order valence-corrected chi connectivity index (χ4v) is 3.48. The first-order valence-electron chi connectivity index (χ1n) is 7.36. The Bertz CT molecular complexity index is 564.